The second-order valence-electron chi connectivity index (χ2n) is 5.16. The molecule has 0 heterocycles. The minimum absolute atomic E-state index is 0.354. The highest BCUT2D eigenvalue weighted by Crippen LogP contribution is 2.30. The van der Waals surface area contributed by atoms with Crippen molar-refractivity contribution in [3.63, 3.8) is 0 Å². The first-order valence-corrected chi connectivity index (χ1v) is 7.83. The zero-order chi connectivity index (χ0) is 17.9. The lowest BCUT2D eigenvalue weighted by Crippen LogP contribution is -2.27. The molecule has 24 heavy (non-hydrogen) atoms. The molecule has 1 amide bonds. The Labute approximate surface area is 146 Å². The standard InChI is InChI=1S/C17H15BrF3NO2/c1-10(11-3-5-12(6-4-11)17(19,20)21)22-16(23)14-9-13(24-2)7-8-15(14)18/h3-10H,1-2H3,(H,22,23). The van der Waals surface area contributed by atoms with E-state index in [1.165, 1.54) is 19.2 Å². The first kappa shape index (κ1) is 18.3. The topological polar surface area (TPSA) is 38.3 Å². The summed E-state index contributed by atoms with van der Waals surface area (Å²) in [5.74, 6) is 0.179. The Morgan fingerprint density at radius 2 is 1.79 bits per heavy atom. The molecule has 0 saturated heterocycles. The van der Waals surface area contributed by atoms with Gasteiger partial charge < -0.3 is 10.1 Å². The van der Waals surface area contributed by atoms with E-state index in [2.05, 4.69) is 21.2 Å². The summed E-state index contributed by atoms with van der Waals surface area (Å²) in [6.45, 7) is 1.70. The summed E-state index contributed by atoms with van der Waals surface area (Å²) >= 11 is 3.30. The number of nitrogens with one attached hydrogen (secondary N) is 1. The SMILES string of the molecule is COc1ccc(Br)c(C(=O)NC(C)c2ccc(C(F)(F)F)cc2)c1. The molecule has 1 N–H and O–H groups in total. The van der Waals surface area contributed by atoms with Gasteiger partial charge in [-0.05, 0) is 58.7 Å². The number of benzene rings is 2. The molecule has 128 valence electrons. The van der Waals surface area contributed by atoms with Crippen molar-refractivity contribution in [2.75, 3.05) is 7.11 Å². The van der Waals surface area contributed by atoms with Crippen LogP contribution in [0.5, 0.6) is 5.75 Å². The Kier molecular flexibility index (Phi) is 5.54. The molecule has 0 saturated carbocycles. The Hall–Kier alpha value is -2.02. The molecule has 7 heteroatoms. The van der Waals surface area contributed by atoms with E-state index in [0.717, 1.165) is 12.1 Å². The molecule has 0 fully saturated rings. The van der Waals surface area contributed by atoms with Crippen LogP contribution < -0.4 is 10.1 Å². The quantitative estimate of drug-likeness (QED) is 0.785. The third-order valence-electron chi connectivity index (χ3n) is 3.50. The fourth-order valence-corrected chi connectivity index (χ4v) is 2.55. The summed E-state index contributed by atoms with van der Waals surface area (Å²) < 4.78 is 43.4. The molecule has 0 radical (unpaired) electrons. The molecule has 0 aliphatic carbocycles. The minimum Gasteiger partial charge on any atom is -0.497 e. The van der Waals surface area contributed by atoms with E-state index in [-0.39, 0.29) is 5.91 Å². The molecule has 2 aromatic carbocycles. The van der Waals surface area contributed by atoms with E-state index in [9.17, 15) is 18.0 Å². The summed E-state index contributed by atoms with van der Waals surface area (Å²) in [7, 11) is 1.50. The highest BCUT2D eigenvalue weighted by Gasteiger charge is 2.30. The van der Waals surface area contributed by atoms with Crippen LogP contribution >= 0.6 is 15.9 Å². The average Bonchev–Trinajstić information content (AvgIpc) is 2.54. The maximum absolute atomic E-state index is 12.6. The maximum Gasteiger partial charge on any atom is 0.416 e. The van der Waals surface area contributed by atoms with E-state index in [4.69, 9.17) is 4.74 Å². The first-order chi connectivity index (χ1) is 11.2. The van der Waals surface area contributed by atoms with Gasteiger partial charge in [0, 0.05) is 4.47 Å². The smallest absolute Gasteiger partial charge is 0.416 e. The number of ether oxygens (including phenoxy) is 1. The molecule has 0 aliphatic heterocycles. The lowest BCUT2D eigenvalue weighted by atomic mass is 10.1. The fourth-order valence-electron chi connectivity index (χ4n) is 2.12. The molecule has 0 spiro atoms. The highest BCUT2D eigenvalue weighted by molar-refractivity contribution is 9.10. The molecule has 0 bridgehead atoms. The third-order valence-corrected chi connectivity index (χ3v) is 4.20. The van der Waals surface area contributed by atoms with Crippen molar-refractivity contribution in [1.82, 2.24) is 5.32 Å². The summed E-state index contributed by atoms with van der Waals surface area (Å²) in [4.78, 5) is 12.4. The van der Waals surface area contributed by atoms with Crippen LogP contribution in [0.15, 0.2) is 46.9 Å². The van der Waals surface area contributed by atoms with Crippen LogP contribution in [0.1, 0.15) is 34.5 Å². The molecule has 0 aromatic heterocycles. The van der Waals surface area contributed by atoms with Gasteiger partial charge in [-0.25, -0.2) is 0 Å². The van der Waals surface area contributed by atoms with Crippen LogP contribution in [-0.2, 0) is 6.18 Å². The molecule has 1 unspecified atom stereocenters. The Bertz CT molecular complexity index is 730. The number of carbonyl (C=O) groups excluding carboxylic acids is 1. The molecule has 2 aromatic rings. The van der Waals surface area contributed by atoms with Gasteiger partial charge in [0.25, 0.3) is 5.91 Å². The maximum atomic E-state index is 12.6. The van der Waals surface area contributed by atoms with E-state index < -0.39 is 17.8 Å². The van der Waals surface area contributed by atoms with Crippen LogP contribution in [-0.4, -0.2) is 13.0 Å². The van der Waals surface area contributed by atoms with E-state index in [0.29, 0.717) is 21.3 Å². The Morgan fingerprint density at radius 3 is 2.33 bits per heavy atom. The van der Waals surface area contributed by atoms with Crippen LogP contribution in [0.4, 0.5) is 13.2 Å². The molecular weight excluding hydrogens is 387 g/mol. The van der Waals surface area contributed by atoms with Crippen LogP contribution in [0.2, 0.25) is 0 Å². The second kappa shape index (κ2) is 7.25. The Morgan fingerprint density at radius 1 is 1.17 bits per heavy atom. The predicted molar refractivity (Wildman–Crippen MR) is 88.0 cm³/mol. The van der Waals surface area contributed by atoms with E-state index >= 15 is 0 Å². The molecular formula is C17H15BrF3NO2. The zero-order valence-corrected chi connectivity index (χ0v) is 14.5. The van der Waals surface area contributed by atoms with Gasteiger partial charge in [0.1, 0.15) is 5.75 Å². The fraction of sp³-hybridized carbons (Fsp3) is 0.235. The number of methoxy groups -OCH3 is 1. The van der Waals surface area contributed by atoms with Gasteiger partial charge in [-0.2, -0.15) is 13.2 Å². The van der Waals surface area contributed by atoms with Crippen LogP contribution in [0.25, 0.3) is 0 Å². The third kappa shape index (κ3) is 4.29. The number of alkyl halides is 3. The van der Waals surface area contributed by atoms with Gasteiger partial charge in [0.2, 0.25) is 0 Å². The highest BCUT2D eigenvalue weighted by atomic mass is 79.9. The van der Waals surface area contributed by atoms with Gasteiger partial charge in [-0.15, -0.1) is 0 Å². The van der Waals surface area contributed by atoms with E-state index in [1.54, 1.807) is 25.1 Å². The summed E-state index contributed by atoms with van der Waals surface area (Å²) in [6.07, 6.45) is -4.38. The van der Waals surface area contributed by atoms with Gasteiger partial charge in [0.05, 0.1) is 24.3 Å². The molecule has 1 atom stereocenters. The van der Waals surface area contributed by atoms with Gasteiger partial charge in [-0.3, -0.25) is 4.79 Å². The lowest BCUT2D eigenvalue weighted by molar-refractivity contribution is -0.137. The summed E-state index contributed by atoms with van der Waals surface area (Å²) in [5, 5.41) is 2.76. The number of rotatable bonds is 4. The minimum atomic E-state index is -4.38. The number of carbonyl (C=O) groups is 1. The van der Waals surface area contributed by atoms with Crippen molar-refractivity contribution in [3.8, 4) is 5.75 Å². The van der Waals surface area contributed by atoms with Crippen molar-refractivity contribution in [3.05, 3.63) is 63.6 Å². The van der Waals surface area contributed by atoms with Gasteiger partial charge in [-0.1, -0.05) is 12.1 Å². The number of hydrogen-bond donors (Lipinski definition) is 1. The Balaban J connectivity index is 2.14. The zero-order valence-electron chi connectivity index (χ0n) is 12.9. The van der Waals surface area contributed by atoms with Gasteiger partial charge in [0.15, 0.2) is 0 Å². The van der Waals surface area contributed by atoms with Crippen molar-refractivity contribution in [1.29, 1.82) is 0 Å². The second-order valence-corrected chi connectivity index (χ2v) is 6.02. The number of hydrogen-bond acceptors (Lipinski definition) is 2. The first-order valence-electron chi connectivity index (χ1n) is 7.04. The summed E-state index contributed by atoms with van der Waals surface area (Å²) in [6, 6.07) is 9.25. The van der Waals surface area contributed by atoms with Gasteiger partial charge >= 0.3 is 6.18 Å². The van der Waals surface area contributed by atoms with Crippen molar-refractivity contribution >= 4 is 21.8 Å². The van der Waals surface area contributed by atoms with Crippen LogP contribution in [0, 0.1) is 0 Å². The van der Waals surface area contributed by atoms with Crippen LogP contribution in [0.3, 0.4) is 0 Å². The van der Waals surface area contributed by atoms with Crippen molar-refractivity contribution < 1.29 is 22.7 Å². The predicted octanol–water partition coefficient (Wildman–Crippen LogP) is 4.97. The monoisotopic (exact) mass is 401 g/mol. The number of amides is 1. The largest absolute Gasteiger partial charge is 0.497 e. The molecule has 0 aliphatic rings. The van der Waals surface area contributed by atoms with Crippen molar-refractivity contribution in [2.45, 2.75) is 19.1 Å². The van der Waals surface area contributed by atoms with E-state index in [1.807, 2.05) is 0 Å². The molecule has 3 nitrogen and oxygen atoms in total. The summed E-state index contributed by atoms with van der Waals surface area (Å²) in [5.41, 5.74) is 0.240. The normalized spacial score (nSPS) is 12.6. The molecule has 2 rings (SSSR count). The van der Waals surface area contributed by atoms with Crippen molar-refractivity contribution in [2.24, 2.45) is 0 Å². The average molecular weight is 402 g/mol. The lowest BCUT2D eigenvalue weighted by Gasteiger charge is -2.16. The number of halogens is 4.